The van der Waals surface area contributed by atoms with Crippen molar-refractivity contribution in [2.45, 2.75) is 38.1 Å². The molecule has 0 amide bonds. The molecule has 0 bridgehead atoms. The van der Waals surface area contributed by atoms with E-state index in [4.69, 9.17) is 10.5 Å². The third kappa shape index (κ3) is 3.01. The number of hydrogen-bond donors (Lipinski definition) is 2. The fourth-order valence-corrected chi connectivity index (χ4v) is 2.75. The van der Waals surface area contributed by atoms with Crippen LogP contribution in [0.1, 0.15) is 32.6 Å². The molecular weight excluding hydrogens is 258 g/mol. The van der Waals surface area contributed by atoms with Crippen LogP contribution >= 0.6 is 0 Å². The van der Waals surface area contributed by atoms with E-state index in [0.717, 1.165) is 31.4 Å². The van der Waals surface area contributed by atoms with Crippen molar-refractivity contribution >= 4 is 11.4 Å². The molecule has 2 rings (SSSR count). The van der Waals surface area contributed by atoms with Gasteiger partial charge in [0.05, 0.1) is 11.5 Å². The first-order valence-electron chi connectivity index (χ1n) is 7.00. The quantitative estimate of drug-likeness (QED) is 0.617. The molecule has 110 valence electrons. The first-order chi connectivity index (χ1) is 9.60. The van der Waals surface area contributed by atoms with E-state index in [-0.39, 0.29) is 11.2 Å². The molecule has 0 aromatic heterocycles. The molecule has 1 aliphatic rings. The van der Waals surface area contributed by atoms with Gasteiger partial charge in [0.25, 0.3) is 0 Å². The molecule has 1 fully saturated rings. The zero-order valence-corrected chi connectivity index (χ0v) is 11.7. The van der Waals surface area contributed by atoms with Gasteiger partial charge in [0, 0.05) is 29.9 Å². The van der Waals surface area contributed by atoms with E-state index in [1.165, 1.54) is 6.07 Å². The first kappa shape index (κ1) is 14.6. The second-order valence-electron chi connectivity index (χ2n) is 5.19. The van der Waals surface area contributed by atoms with Crippen LogP contribution in [-0.4, -0.2) is 23.6 Å². The van der Waals surface area contributed by atoms with E-state index in [9.17, 15) is 10.1 Å². The summed E-state index contributed by atoms with van der Waals surface area (Å²) in [7, 11) is 0. The summed E-state index contributed by atoms with van der Waals surface area (Å²) in [4.78, 5) is 10.5. The number of nitro groups is 1. The van der Waals surface area contributed by atoms with Crippen LogP contribution in [-0.2, 0) is 0 Å². The third-order valence-corrected chi connectivity index (χ3v) is 3.82. The molecule has 0 atom stereocenters. The molecule has 20 heavy (non-hydrogen) atoms. The Morgan fingerprint density at radius 3 is 2.70 bits per heavy atom. The van der Waals surface area contributed by atoms with Crippen LogP contribution in [0.15, 0.2) is 18.2 Å². The maximum absolute atomic E-state index is 11.0. The Labute approximate surface area is 118 Å². The predicted molar refractivity (Wildman–Crippen MR) is 78.1 cm³/mol. The van der Waals surface area contributed by atoms with E-state index < -0.39 is 4.92 Å². The molecule has 1 aliphatic carbocycles. The molecule has 0 unspecified atom stereocenters. The molecule has 0 radical (unpaired) electrons. The lowest BCUT2D eigenvalue weighted by atomic mass is 9.97. The van der Waals surface area contributed by atoms with Crippen LogP contribution in [0.4, 0.5) is 11.4 Å². The minimum atomic E-state index is -0.428. The lowest BCUT2D eigenvalue weighted by molar-refractivity contribution is -0.385. The van der Waals surface area contributed by atoms with E-state index in [2.05, 4.69) is 5.32 Å². The second kappa shape index (κ2) is 6.09. The van der Waals surface area contributed by atoms with Crippen LogP contribution in [0, 0.1) is 10.1 Å². The Balaban J connectivity index is 2.24. The van der Waals surface area contributed by atoms with Crippen molar-refractivity contribution in [1.82, 2.24) is 0 Å². The van der Waals surface area contributed by atoms with Crippen molar-refractivity contribution in [1.29, 1.82) is 0 Å². The average molecular weight is 279 g/mol. The van der Waals surface area contributed by atoms with E-state index >= 15 is 0 Å². The fraction of sp³-hybridized carbons (Fsp3) is 0.571. The highest BCUT2D eigenvalue weighted by molar-refractivity contribution is 5.59. The van der Waals surface area contributed by atoms with Gasteiger partial charge in [-0.25, -0.2) is 0 Å². The summed E-state index contributed by atoms with van der Waals surface area (Å²) in [6.07, 6.45) is 4.39. The SMILES string of the molecule is CCOc1cc(NC2(CN)CCCC2)ccc1[N+](=O)[O-]. The van der Waals surface area contributed by atoms with Gasteiger partial charge >= 0.3 is 5.69 Å². The van der Waals surface area contributed by atoms with Crippen LogP contribution in [0.5, 0.6) is 5.75 Å². The van der Waals surface area contributed by atoms with E-state index in [1.54, 1.807) is 12.1 Å². The smallest absolute Gasteiger partial charge is 0.311 e. The van der Waals surface area contributed by atoms with E-state index in [1.807, 2.05) is 6.92 Å². The van der Waals surface area contributed by atoms with Gasteiger partial charge in [-0.2, -0.15) is 0 Å². The lowest BCUT2D eigenvalue weighted by Gasteiger charge is -2.30. The topological polar surface area (TPSA) is 90.4 Å². The highest BCUT2D eigenvalue weighted by Gasteiger charge is 2.32. The summed E-state index contributed by atoms with van der Waals surface area (Å²) in [5.41, 5.74) is 6.62. The molecule has 3 N–H and O–H groups in total. The van der Waals surface area contributed by atoms with Gasteiger partial charge in [0.2, 0.25) is 0 Å². The number of rotatable bonds is 6. The van der Waals surface area contributed by atoms with Crippen LogP contribution < -0.4 is 15.8 Å². The molecular formula is C14H21N3O3. The maximum atomic E-state index is 11.0. The van der Waals surface area contributed by atoms with Crippen molar-refractivity contribution in [3.8, 4) is 5.75 Å². The van der Waals surface area contributed by atoms with Gasteiger partial charge in [-0.1, -0.05) is 12.8 Å². The first-order valence-corrected chi connectivity index (χ1v) is 7.00. The number of ether oxygens (including phenoxy) is 1. The minimum absolute atomic E-state index is 0.00868. The summed E-state index contributed by atoms with van der Waals surface area (Å²) in [5, 5.41) is 14.4. The molecule has 1 aromatic rings. The van der Waals surface area contributed by atoms with Gasteiger partial charge in [-0.3, -0.25) is 10.1 Å². The molecule has 0 heterocycles. The standard InChI is InChI=1S/C14H21N3O3/c1-2-20-13-9-11(5-6-12(13)17(18)19)16-14(10-15)7-3-4-8-14/h5-6,9,16H,2-4,7-8,10,15H2,1H3. The van der Waals surface area contributed by atoms with Crippen LogP contribution in [0.25, 0.3) is 0 Å². The third-order valence-electron chi connectivity index (χ3n) is 3.82. The maximum Gasteiger partial charge on any atom is 0.311 e. The summed E-state index contributed by atoms with van der Waals surface area (Å²) in [5.74, 6) is 0.299. The molecule has 1 aromatic carbocycles. The number of hydrogen-bond acceptors (Lipinski definition) is 5. The second-order valence-corrected chi connectivity index (χ2v) is 5.19. The monoisotopic (exact) mass is 279 g/mol. The Morgan fingerprint density at radius 1 is 1.45 bits per heavy atom. The van der Waals surface area contributed by atoms with Crippen LogP contribution in [0.2, 0.25) is 0 Å². The number of anilines is 1. The van der Waals surface area contributed by atoms with Crippen molar-refractivity contribution in [2.24, 2.45) is 5.73 Å². The predicted octanol–water partition coefficient (Wildman–Crippen LogP) is 2.68. The normalized spacial score (nSPS) is 16.9. The van der Waals surface area contributed by atoms with Crippen LogP contribution in [0.3, 0.4) is 0 Å². The Hall–Kier alpha value is -1.82. The Kier molecular flexibility index (Phi) is 4.44. The van der Waals surface area contributed by atoms with Crippen molar-refractivity contribution in [3.05, 3.63) is 28.3 Å². The molecule has 1 saturated carbocycles. The highest BCUT2D eigenvalue weighted by atomic mass is 16.6. The highest BCUT2D eigenvalue weighted by Crippen LogP contribution is 2.35. The molecule has 6 nitrogen and oxygen atoms in total. The average Bonchev–Trinajstić information content (AvgIpc) is 2.88. The van der Waals surface area contributed by atoms with E-state index in [0.29, 0.717) is 18.9 Å². The molecule has 0 aliphatic heterocycles. The van der Waals surface area contributed by atoms with Gasteiger partial charge in [-0.05, 0) is 25.8 Å². The van der Waals surface area contributed by atoms with Gasteiger partial charge in [0.15, 0.2) is 5.75 Å². The molecule has 6 heteroatoms. The van der Waals surface area contributed by atoms with Crippen molar-refractivity contribution in [2.75, 3.05) is 18.5 Å². The summed E-state index contributed by atoms with van der Waals surface area (Å²) in [6.45, 7) is 2.77. The number of nitro benzene ring substituents is 1. The summed E-state index contributed by atoms with van der Waals surface area (Å²) >= 11 is 0. The van der Waals surface area contributed by atoms with Gasteiger partial charge in [0.1, 0.15) is 0 Å². The number of nitrogens with two attached hydrogens (primary N) is 1. The van der Waals surface area contributed by atoms with Crippen molar-refractivity contribution in [3.63, 3.8) is 0 Å². The molecule has 0 spiro atoms. The number of benzene rings is 1. The zero-order valence-electron chi connectivity index (χ0n) is 11.7. The Morgan fingerprint density at radius 2 is 2.15 bits per heavy atom. The number of nitrogens with zero attached hydrogens (tertiary/aromatic N) is 1. The minimum Gasteiger partial charge on any atom is -0.487 e. The van der Waals surface area contributed by atoms with Crippen molar-refractivity contribution < 1.29 is 9.66 Å². The fourth-order valence-electron chi connectivity index (χ4n) is 2.75. The Bertz CT molecular complexity index is 485. The zero-order chi connectivity index (χ0) is 14.6. The lowest BCUT2D eigenvalue weighted by Crippen LogP contribution is -2.42. The summed E-state index contributed by atoms with van der Waals surface area (Å²) < 4.78 is 5.36. The van der Waals surface area contributed by atoms with Gasteiger partial charge in [-0.15, -0.1) is 0 Å². The molecule has 0 saturated heterocycles. The largest absolute Gasteiger partial charge is 0.487 e. The summed E-state index contributed by atoms with van der Waals surface area (Å²) in [6, 6.07) is 4.89. The van der Waals surface area contributed by atoms with Gasteiger partial charge < -0.3 is 15.8 Å². The number of nitrogens with one attached hydrogen (secondary N) is 1.